The van der Waals surface area contributed by atoms with Gasteiger partial charge in [-0.2, -0.15) is 0 Å². The molecule has 0 aliphatic carbocycles. The number of benzene rings is 1. The van der Waals surface area contributed by atoms with Crippen LogP contribution in [-0.4, -0.2) is 72.9 Å². The molecule has 3 heterocycles. The second kappa shape index (κ2) is 12.1. The van der Waals surface area contributed by atoms with Crippen LogP contribution in [0.2, 0.25) is 10.0 Å². The summed E-state index contributed by atoms with van der Waals surface area (Å²) in [5.41, 5.74) is 10.8. The lowest BCUT2D eigenvalue weighted by atomic mass is 9.96. The fraction of sp³-hybridized carbons (Fsp3) is 0.391. The molecule has 0 saturated carbocycles. The first kappa shape index (κ1) is 25.9. The molecule has 2 aromatic rings. The van der Waals surface area contributed by atoms with Crippen LogP contribution in [0.15, 0.2) is 45.2 Å². The molecule has 0 fully saturated rings. The molecule has 0 bridgehead atoms. The molecule has 1 amide bonds. The molecule has 2 aliphatic rings. The first-order chi connectivity index (χ1) is 16.3. The Bertz CT molecular complexity index is 1100. The lowest BCUT2D eigenvalue weighted by Crippen LogP contribution is -2.35. The minimum absolute atomic E-state index is 0.0821. The predicted molar refractivity (Wildman–Crippen MR) is 130 cm³/mol. The summed E-state index contributed by atoms with van der Waals surface area (Å²) in [6.45, 7) is 2.15. The maximum atomic E-state index is 12.3. The first-order valence-corrected chi connectivity index (χ1v) is 11.5. The number of aromatic nitrogens is 1. The third-order valence-electron chi connectivity index (χ3n) is 5.53. The molecule has 4 rings (SSSR count). The Morgan fingerprint density at radius 2 is 2.18 bits per heavy atom. The molecular formula is C23H27Cl2N5O4. The zero-order chi connectivity index (χ0) is 24.7. The molecule has 0 saturated heterocycles. The maximum Gasteiger partial charge on any atom is 0.225 e. The van der Waals surface area contributed by atoms with Gasteiger partial charge in [-0.15, -0.1) is 0 Å². The van der Waals surface area contributed by atoms with Gasteiger partial charge in [0.15, 0.2) is 0 Å². The number of aliphatic hydroxyl groups is 1. The van der Waals surface area contributed by atoms with Crippen LogP contribution in [0.25, 0.3) is 0 Å². The molecule has 34 heavy (non-hydrogen) atoms. The van der Waals surface area contributed by atoms with E-state index in [2.05, 4.69) is 20.4 Å². The van der Waals surface area contributed by atoms with Gasteiger partial charge in [-0.3, -0.25) is 14.6 Å². The zero-order valence-corrected chi connectivity index (χ0v) is 20.3. The Labute approximate surface area is 207 Å². The molecule has 0 spiro atoms. The van der Waals surface area contributed by atoms with Gasteiger partial charge in [0.25, 0.3) is 0 Å². The van der Waals surface area contributed by atoms with E-state index in [1.165, 1.54) is 6.07 Å². The molecular weight excluding hydrogens is 481 g/mol. The minimum atomic E-state index is -0.310. The second-order valence-electron chi connectivity index (χ2n) is 8.08. The number of hydrogen-bond acceptors (Lipinski definition) is 8. The molecule has 9 nitrogen and oxygen atoms in total. The standard InChI is InChI=1S/C16H23N5O3.C7H4Cl2O/c1-21-4-2-13(17)12(8-21)15-14-11(9-24-20-14)6-10(7-19-15)16(23)18-3-5-22;8-6-2-1-5(4-10)3-7(6)9/h9-10,22H,2-8,17H2,1H3,(H,18,23);1-4H. The highest BCUT2D eigenvalue weighted by molar-refractivity contribution is 6.42. The Hall–Kier alpha value is -2.72. The average Bonchev–Trinajstić information content (AvgIpc) is 3.21. The Balaban J connectivity index is 0.000000271. The lowest BCUT2D eigenvalue weighted by Gasteiger charge is -2.26. The van der Waals surface area contributed by atoms with Crippen molar-refractivity contribution in [2.24, 2.45) is 16.6 Å². The highest BCUT2D eigenvalue weighted by Crippen LogP contribution is 2.25. The van der Waals surface area contributed by atoms with Crippen LogP contribution in [0.1, 0.15) is 28.0 Å². The van der Waals surface area contributed by atoms with Crippen LogP contribution >= 0.6 is 23.2 Å². The number of aliphatic hydroxyl groups excluding tert-OH is 1. The van der Waals surface area contributed by atoms with Gasteiger partial charge < -0.3 is 25.6 Å². The van der Waals surface area contributed by atoms with Crippen molar-refractivity contribution in [3.8, 4) is 0 Å². The van der Waals surface area contributed by atoms with Crippen LogP contribution in [-0.2, 0) is 11.2 Å². The molecule has 1 unspecified atom stereocenters. The fourth-order valence-electron chi connectivity index (χ4n) is 3.67. The van der Waals surface area contributed by atoms with E-state index in [9.17, 15) is 9.59 Å². The average molecular weight is 508 g/mol. The Morgan fingerprint density at radius 3 is 2.88 bits per heavy atom. The number of nitrogens with two attached hydrogens (primary N) is 1. The van der Waals surface area contributed by atoms with Gasteiger partial charge in [-0.05, 0) is 25.6 Å². The van der Waals surface area contributed by atoms with E-state index in [1.807, 2.05) is 7.05 Å². The molecule has 1 aromatic heterocycles. The van der Waals surface area contributed by atoms with Crippen molar-refractivity contribution < 1.29 is 19.2 Å². The SMILES string of the molecule is CN1CCC(N)=C(C2=NCC(C(=O)NCCO)Cc3conc32)C1.O=Cc1ccc(Cl)c(Cl)c1. The lowest BCUT2D eigenvalue weighted by molar-refractivity contribution is -0.124. The number of fused-ring (bicyclic) bond motifs is 1. The van der Waals surface area contributed by atoms with E-state index in [1.54, 1.807) is 18.4 Å². The Kier molecular flexibility index (Phi) is 9.23. The third kappa shape index (κ3) is 6.44. The van der Waals surface area contributed by atoms with Gasteiger partial charge in [0.2, 0.25) is 5.91 Å². The summed E-state index contributed by atoms with van der Waals surface area (Å²) < 4.78 is 5.14. The van der Waals surface area contributed by atoms with Gasteiger partial charge >= 0.3 is 0 Å². The first-order valence-electron chi connectivity index (χ1n) is 10.8. The summed E-state index contributed by atoms with van der Waals surface area (Å²) >= 11 is 11.2. The summed E-state index contributed by atoms with van der Waals surface area (Å²) in [5.74, 6) is -0.431. The molecule has 2 aliphatic heterocycles. The van der Waals surface area contributed by atoms with E-state index < -0.39 is 0 Å². The quantitative estimate of drug-likeness (QED) is 0.527. The van der Waals surface area contributed by atoms with Crippen LogP contribution in [0.5, 0.6) is 0 Å². The van der Waals surface area contributed by atoms with E-state index in [0.29, 0.717) is 40.8 Å². The monoisotopic (exact) mass is 507 g/mol. The maximum absolute atomic E-state index is 12.3. The number of carbonyl (C=O) groups is 2. The number of nitrogens with zero attached hydrogens (tertiary/aromatic N) is 3. The van der Waals surface area contributed by atoms with Crippen molar-refractivity contribution in [1.82, 2.24) is 15.4 Å². The largest absolute Gasteiger partial charge is 0.402 e. The number of amides is 1. The summed E-state index contributed by atoms with van der Waals surface area (Å²) in [7, 11) is 2.04. The number of rotatable bonds is 5. The van der Waals surface area contributed by atoms with Crippen LogP contribution in [0, 0.1) is 5.92 Å². The van der Waals surface area contributed by atoms with Crippen molar-refractivity contribution in [2.75, 3.05) is 39.8 Å². The summed E-state index contributed by atoms with van der Waals surface area (Å²) in [5, 5.41) is 16.6. The molecule has 1 aromatic carbocycles. The zero-order valence-electron chi connectivity index (χ0n) is 18.8. The fourth-order valence-corrected chi connectivity index (χ4v) is 3.97. The third-order valence-corrected chi connectivity index (χ3v) is 6.27. The number of hydrogen-bond donors (Lipinski definition) is 3. The molecule has 0 radical (unpaired) electrons. The van der Waals surface area contributed by atoms with E-state index >= 15 is 0 Å². The van der Waals surface area contributed by atoms with Crippen LogP contribution < -0.4 is 11.1 Å². The van der Waals surface area contributed by atoms with Gasteiger partial charge in [0, 0.05) is 48.5 Å². The van der Waals surface area contributed by atoms with E-state index in [4.69, 9.17) is 38.6 Å². The predicted octanol–water partition coefficient (Wildman–Crippen LogP) is 2.10. The Morgan fingerprint density at radius 1 is 1.38 bits per heavy atom. The van der Waals surface area contributed by atoms with Gasteiger partial charge in [-0.25, -0.2) is 0 Å². The number of halogens is 2. The topological polar surface area (TPSA) is 134 Å². The highest BCUT2D eigenvalue weighted by atomic mass is 35.5. The smallest absolute Gasteiger partial charge is 0.225 e. The van der Waals surface area contributed by atoms with Crippen LogP contribution in [0.3, 0.4) is 0 Å². The van der Waals surface area contributed by atoms with Crippen molar-refractivity contribution in [3.05, 3.63) is 62.6 Å². The second-order valence-corrected chi connectivity index (χ2v) is 8.89. The molecule has 11 heteroatoms. The van der Waals surface area contributed by atoms with E-state index in [0.717, 1.165) is 41.8 Å². The summed E-state index contributed by atoms with van der Waals surface area (Å²) in [4.78, 5) is 29.3. The normalized spacial score (nSPS) is 18.2. The number of likely N-dealkylation sites (N-methyl/N-ethyl adjacent to an activating group) is 1. The van der Waals surface area contributed by atoms with E-state index in [-0.39, 0.29) is 25.0 Å². The summed E-state index contributed by atoms with van der Waals surface area (Å²) in [6.07, 6.45) is 3.60. The molecule has 182 valence electrons. The van der Waals surface area contributed by atoms with Gasteiger partial charge in [-0.1, -0.05) is 34.4 Å². The minimum Gasteiger partial charge on any atom is -0.402 e. The number of nitrogens with one attached hydrogen (secondary N) is 1. The van der Waals surface area contributed by atoms with Crippen molar-refractivity contribution in [1.29, 1.82) is 0 Å². The number of aliphatic imine (C=N–C) groups is 1. The van der Waals surface area contributed by atoms with Crippen molar-refractivity contribution in [2.45, 2.75) is 12.8 Å². The molecule has 1 atom stereocenters. The van der Waals surface area contributed by atoms with Gasteiger partial charge in [0.05, 0.1) is 34.8 Å². The van der Waals surface area contributed by atoms with Crippen molar-refractivity contribution in [3.63, 3.8) is 0 Å². The van der Waals surface area contributed by atoms with Crippen LogP contribution in [0.4, 0.5) is 0 Å². The highest BCUT2D eigenvalue weighted by Gasteiger charge is 2.30. The summed E-state index contributed by atoms with van der Waals surface area (Å²) in [6, 6.07) is 4.73. The molecule has 4 N–H and O–H groups in total. The number of aldehydes is 1. The van der Waals surface area contributed by atoms with Crippen molar-refractivity contribution >= 4 is 41.1 Å². The number of carbonyl (C=O) groups excluding carboxylic acids is 2. The van der Waals surface area contributed by atoms with Gasteiger partial charge in [0.1, 0.15) is 18.2 Å².